The van der Waals surface area contributed by atoms with Crippen molar-refractivity contribution < 1.29 is 9.21 Å². The molecule has 2 heteroatoms. The van der Waals surface area contributed by atoms with Crippen LogP contribution in [0.3, 0.4) is 0 Å². The normalized spacial score (nSPS) is 13.1. The van der Waals surface area contributed by atoms with Crippen LogP contribution in [0.1, 0.15) is 27.0 Å². The summed E-state index contributed by atoms with van der Waals surface area (Å²) in [5, 5.41) is 0.930. The van der Waals surface area contributed by atoms with Crippen molar-refractivity contribution in [2.75, 3.05) is 0 Å². The zero-order valence-electron chi connectivity index (χ0n) is 11.9. The number of carbonyl (C=O) groups excluding carboxylic acids is 1. The maximum absolute atomic E-state index is 12.0. The monoisotopic (exact) mass is 274 g/mol. The molecule has 0 fully saturated rings. The Morgan fingerprint density at radius 1 is 0.952 bits per heavy atom. The lowest BCUT2D eigenvalue weighted by Crippen LogP contribution is -1.99. The van der Waals surface area contributed by atoms with Crippen LogP contribution in [-0.2, 0) is 0 Å². The van der Waals surface area contributed by atoms with E-state index < -0.39 is 0 Å². The van der Waals surface area contributed by atoms with Crippen molar-refractivity contribution in [2.24, 2.45) is 0 Å². The van der Waals surface area contributed by atoms with E-state index in [0.717, 1.165) is 33.4 Å². The van der Waals surface area contributed by atoms with Gasteiger partial charge in [-0.15, -0.1) is 0 Å². The van der Waals surface area contributed by atoms with Crippen molar-refractivity contribution in [1.82, 2.24) is 0 Å². The molecule has 0 saturated carbocycles. The zero-order valence-corrected chi connectivity index (χ0v) is 11.9. The fourth-order valence-corrected chi connectivity index (χ4v) is 3.11. The number of benzene rings is 2. The summed E-state index contributed by atoms with van der Waals surface area (Å²) in [6.07, 6.45) is 3.49. The van der Waals surface area contributed by atoms with E-state index in [-0.39, 0.29) is 5.78 Å². The lowest BCUT2D eigenvalue weighted by Gasteiger charge is -2.06. The van der Waals surface area contributed by atoms with E-state index in [9.17, 15) is 4.79 Å². The summed E-state index contributed by atoms with van der Waals surface area (Å²) in [5.41, 5.74) is 5.97. The predicted octanol–water partition coefficient (Wildman–Crippen LogP) is 4.93. The summed E-state index contributed by atoms with van der Waals surface area (Å²) < 4.78 is 6.05. The van der Waals surface area contributed by atoms with Crippen molar-refractivity contribution in [1.29, 1.82) is 0 Å². The highest BCUT2D eigenvalue weighted by molar-refractivity contribution is 6.20. The Hall–Kier alpha value is -2.61. The van der Waals surface area contributed by atoms with E-state index in [4.69, 9.17) is 4.42 Å². The van der Waals surface area contributed by atoms with Gasteiger partial charge in [0.15, 0.2) is 5.78 Å². The van der Waals surface area contributed by atoms with Gasteiger partial charge in [-0.3, -0.25) is 4.79 Å². The molecule has 2 nitrogen and oxygen atoms in total. The van der Waals surface area contributed by atoms with Gasteiger partial charge in [0, 0.05) is 22.1 Å². The smallest absolute Gasteiger partial charge is 0.186 e. The third-order valence-electron chi connectivity index (χ3n) is 3.90. The number of allylic oxidation sites excluding steroid dienone is 1. The molecular formula is C19H14O2. The lowest BCUT2D eigenvalue weighted by molar-refractivity contribution is 0.104. The second-order valence-corrected chi connectivity index (χ2v) is 5.60. The topological polar surface area (TPSA) is 30.2 Å². The van der Waals surface area contributed by atoms with Crippen molar-refractivity contribution in [2.45, 2.75) is 13.8 Å². The van der Waals surface area contributed by atoms with Crippen molar-refractivity contribution in [3.8, 4) is 11.3 Å². The number of furan rings is 1. The van der Waals surface area contributed by atoms with Crippen LogP contribution in [0.25, 0.3) is 28.4 Å². The Morgan fingerprint density at radius 2 is 1.71 bits per heavy atom. The van der Waals surface area contributed by atoms with E-state index >= 15 is 0 Å². The Balaban J connectivity index is 2.08. The van der Waals surface area contributed by atoms with Crippen LogP contribution in [0.2, 0.25) is 0 Å². The largest absolute Gasteiger partial charge is 0.455 e. The summed E-state index contributed by atoms with van der Waals surface area (Å²) in [5.74, 6) is 0.883. The molecule has 0 N–H and O–H groups in total. The summed E-state index contributed by atoms with van der Waals surface area (Å²) in [7, 11) is 0. The molecule has 1 aliphatic rings. The summed E-state index contributed by atoms with van der Waals surface area (Å²) >= 11 is 0. The van der Waals surface area contributed by atoms with Gasteiger partial charge in [-0.25, -0.2) is 0 Å². The third-order valence-corrected chi connectivity index (χ3v) is 3.90. The van der Waals surface area contributed by atoms with Gasteiger partial charge in [-0.1, -0.05) is 29.3 Å². The first kappa shape index (κ1) is 12.2. The highest BCUT2D eigenvalue weighted by atomic mass is 16.3. The number of carbonyl (C=O) groups is 1. The SMILES string of the molecule is Cc1cc(C)cc(-c2oc3cccc4c3c2C=CC4=O)c1. The minimum atomic E-state index is 0.0425. The zero-order chi connectivity index (χ0) is 14.6. The number of ketones is 1. The van der Waals surface area contributed by atoms with Crippen molar-refractivity contribution in [3.63, 3.8) is 0 Å². The average Bonchev–Trinajstić information content (AvgIpc) is 2.82. The molecule has 102 valence electrons. The number of hydrogen-bond donors (Lipinski definition) is 0. The first-order valence-corrected chi connectivity index (χ1v) is 7.00. The molecule has 21 heavy (non-hydrogen) atoms. The Kier molecular flexibility index (Phi) is 2.43. The molecule has 0 amide bonds. The molecule has 1 aliphatic carbocycles. The van der Waals surface area contributed by atoms with Gasteiger partial charge in [0.05, 0.1) is 0 Å². The second kappa shape index (κ2) is 4.19. The van der Waals surface area contributed by atoms with Gasteiger partial charge in [-0.2, -0.15) is 0 Å². The number of hydrogen-bond acceptors (Lipinski definition) is 2. The molecule has 0 spiro atoms. The molecule has 4 rings (SSSR count). The van der Waals surface area contributed by atoms with Crippen molar-refractivity contribution in [3.05, 3.63) is 64.7 Å². The first-order valence-electron chi connectivity index (χ1n) is 7.00. The van der Waals surface area contributed by atoms with E-state index in [1.807, 2.05) is 24.3 Å². The molecule has 3 aromatic rings. The fraction of sp³-hybridized carbons (Fsp3) is 0.105. The molecule has 0 aliphatic heterocycles. The highest BCUT2D eigenvalue weighted by Crippen LogP contribution is 2.39. The summed E-state index contributed by atoms with van der Waals surface area (Å²) in [6, 6.07) is 12.0. The molecule has 0 atom stereocenters. The third kappa shape index (κ3) is 1.76. The maximum atomic E-state index is 12.0. The molecule has 0 unspecified atom stereocenters. The summed E-state index contributed by atoms with van der Waals surface area (Å²) in [6.45, 7) is 4.16. The van der Waals surface area contributed by atoms with Crippen molar-refractivity contribution >= 4 is 22.8 Å². The van der Waals surface area contributed by atoms with E-state index in [1.54, 1.807) is 6.08 Å². The van der Waals surface area contributed by atoms with Gasteiger partial charge < -0.3 is 4.42 Å². The van der Waals surface area contributed by atoms with E-state index in [2.05, 4.69) is 32.0 Å². The second-order valence-electron chi connectivity index (χ2n) is 5.60. The number of aryl methyl sites for hydroxylation is 2. The van der Waals surface area contributed by atoms with Crippen LogP contribution in [-0.4, -0.2) is 5.78 Å². The molecule has 1 heterocycles. The Bertz CT molecular complexity index is 906. The quantitative estimate of drug-likeness (QED) is 0.630. The maximum Gasteiger partial charge on any atom is 0.186 e. The Labute approximate surface area is 122 Å². The molecular weight excluding hydrogens is 260 g/mol. The average molecular weight is 274 g/mol. The standard InChI is InChI=1S/C19H14O2/c1-11-8-12(2)10-13(9-11)19-15-6-7-16(20)14-4-3-5-17(21-19)18(14)15/h3-10H,1-2H3. The molecule has 0 bridgehead atoms. The molecule has 0 radical (unpaired) electrons. The van der Waals surface area contributed by atoms with E-state index in [0.29, 0.717) is 0 Å². The van der Waals surface area contributed by atoms with Gasteiger partial charge in [0.1, 0.15) is 11.3 Å². The lowest BCUT2D eigenvalue weighted by atomic mass is 9.94. The minimum absolute atomic E-state index is 0.0425. The van der Waals surface area contributed by atoms with Gasteiger partial charge in [0.2, 0.25) is 0 Å². The van der Waals surface area contributed by atoms with Crippen LogP contribution in [0, 0.1) is 13.8 Å². The predicted molar refractivity (Wildman–Crippen MR) is 84.5 cm³/mol. The first-order chi connectivity index (χ1) is 10.1. The van der Waals surface area contributed by atoms with Gasteiger partial charge in [-0.05, 0) is 44.2 Å². The van der Waals surface area contributed by atoms with Crippen LogP contribution >= 0.6 is 0 Å². The minimum Gasteiger partial charge on any atom is -0.455 e. The van der Waals surface area contributed by atoms with Gasteiger partial charge in [0.25, 0.3) is 0 Å². The summed E-state index contributed by atoms with van der Waals surface area (Å²) in [4.78, 5) is 12.0. The van der Waals surface area contributed by atoms with Crippen LogP contribution in [0.15, 0.2) is 46.9 Å². The molecule has 1 aromatic heterocycles. The Morgan fingerprint density at radius 3 is 2.48 bits per heavy atom. The van der Waals surface area contributed by atoms with Crippen LogP contribution in [0.4, 0.5) is 0 Å². The van der Waals surface area contributed by atoms with Gasteiger partial charge >= 0.3 is 0 Å². The van der Waals surface area contributed by atoms with Crippen LogP contribution < -0.4 is 0 Å². The van der Waals surface area contributed by atoms with Crippen LogP contribution in [0.5, 0.6) is 0 Å². The molecule has 0 saturated heterocycles. The molecule has 2 aromatic carbocycles. The fourth-order valence-electron chi connectivity index (χ4n) is 3.11. The van der Waals surface area contributed by atoms with E-state index in [1.165, 1.54) is 11.1 Å². The number of rotatable bonds is 1. The highest BCUT2D eigenvalue weighted by Gasteiger charge is 2.22.